The number of anilines is 1. The molecule has 2 aromatic rings. The topological polar surface area (TPSA) is 37.4 Å². The zero-order valence-corrected chi connectivity index (χ0v) is 13.0. The minimum Gasteiger partial charge on any atom is -0.267 e. The van der Waals surface area contributed by atoms with Crippen LogP contribution >= 0.6 is 11.6 Å². The molecule has 0 atom stereocenters. The van der Waals surface area contributed by atoms with E-state index in [0.717, 1.165) is 6.07 Å². The Hall–Kier alpha value is -1.59. The summed E-state index contributed by atoms with van der Waals surface area (Å²) >= 11 is 5.70. The van der Waals surface area contributed by atoms with Gasteiger partial charge < -0.3 is 0 Å². The second-order valence-corrected chi connectivity index (χ2v) is 6.50. The van der Waals surface area contributed by atoms with E-state index in [1.165, 1.54) is 16.4 Å². The summed E-state index contributed by atoms with van der Waals surface area (Å²) in [5.41, 5.74) is 1.05. The quantitative estimate of drug-likeness (QED) is 0.784. The Morgan fingerprint density at radius 1 is 1.14 bits per heavy atom. The number of hydrogen-bond acceptors (Lipinski definition) is 2. The number of alkyl halides is 1. The van der Waals surface area contributed by atoms with Gasteiger partial charge >= 0.3 is 0 Å². The van der Waals surface area contributed by atoms with Crippen LogP contribution in [0.4, 0.5) is 10.1 Å². The van der Waals surface area contributed by atoms with Gasteiger partial charge in [0.05, 0.1) is 5.69 Å². The third kappa shape index (κ3) is 3.19. The van der Waals surface area contributed by atoms with E-state index in [0.29, 0.717) is 11.3 Å². The predicted octanol–water partition coefficient (Wildman–Crippen LogP) is 3.78. The van der Waals surface area contributed by atoms with Crippen LogP contribution in [0.1, 0.15) is 12.5 Å². The van der Waals surface area contributed by atoms with E-state index in [2.05, 4.69) is 0 Å². The molecular weight excluding hydrogens is 313 g/mol. The molecule has 0 N–H and O–H groups in total. The van der Waals surface area contributed by atoms with Gasteiger partial charge in [0.2, 0.25) is 0 Å². The van der Waals surface area contributed by atoms with Gasteiger partial charge in [-0.05, 0) is 36.8 Å². The van der Waals surface area contributed by atoms with E-state index in [9.17, 15) is 12.8 Å². The lowest BCUT2D eigenvalue weighted by Crippen LogP contribution is -2.31. The number of sulfonamides is 1. The van der Waals surface area contributed by atoms with Crippen LogP contribution in [0.25, 0.3) is 0 Å². The zero-order valence-electron chi connectivity index (χ0n) is 11.5. The molecule has 0 fully saturated rings. The number of nitrogens with zero attached hydrogens (tertiary/aromatic N) is 1. The molecule has 2 aromatic carbocycles. The van der Waals surface area contributed by atoms with Crippen molar-refractivity contribution in [3.05, 3.63) is 59.9 Å². The van der Waals surface area contributed by atoms with Crippen LogP contribution in [0.15, 0.2) is 53.4 Å². The Labute approximate surface area is 129 Å². The van der Waals surface area contributed by atoms with Crippen molar-refractivity contribution in [1.29, 1.82) is 0 Å². The Balaban J connectivity index is 2.55. The van der Waals surface area contributed by atoms with Gasteiger partial charge in [-0.2, -0.15) is 0 Å². The van der Waals surface area contributed by atoms with Gasteiger partial charge in [-0.1, -0.05) is 24.3 Å². The molecule has 3 nitrogen and oxygen atoms in total. The van der Waals surface area contributed by atoms with Crippen molar-refractivity contribution in [2.75, 3.05) is 10.8 Å². The van der Waals surface area contributed by atoms with Crippen molar-refractivity contribution in [2.24, 2.45) is 0 Å². The van der Waals surface area contributed by atoms with Crippen molar-refractivity contribution < 1.29 is 12.8 Å². The van der Waals surface area contributed by atoms with Crippen molar-refractivity contribution in [2.45, 2.75) is 17.7 Å². The highest BCUT2D eigenvalue weighted by Gasteiger charge is 2.26. The largest absolute Gasteiger partial charge is 0.267 e. The fraction of sp³-hybridized carbons (Fsp3) is 0.200. The molecular formula is C15H15ClFNO2S. The summed E-state index contributed by atoms with van der Waals surface area (Å²) in [6.07, 6.45) is 0. The molecule has 0 bridgehead atoms. The standard InChI is InChI=1S/C15H15ClFNO2S/c1-2-18(13-6-4-3-5-7-13)21(19,20)15-10-12(11-16)8-9-14(15)17/h3-10H,2,11H2,1H3. The molecule has 0 aliphatic rings. The average Bonchev–Trinajstić information content (AvgIpc) is 2.49. The maximum Gasteiger partial charge on any atom is 0.267 e. The number of rotatable bonds is 5. The molecule has 0 saturated carbocycles. The van der Waals surface area contributed by atoms with Gasteiger partial charge in [-0.25, -0.2) is 12.8 Å². The Morgan fingerprint density at radius 3 is 2.38 bits per heavy atom. The van der Waals surface area contributed by atoms with E-state index in [1.807, 2.05) is 0 Å². The van der Waals surface area contributed by atoms with Crippen molar-refractivity contribution in [1.82, 2.24) is 0 Å². The summed E-state index contributed by atoms with van der Waals surface area (Å²) in [4.78, 5) is -0.355. The molecule has 112 valence electrons. The maximum atomic E-state index is 14.0. The first-order chi connectivity index (χ1) is 10.0. The molecule has 0 aliphatic heterocycles. The fourth-order valence-corrected chi connectivity index (χ4v) is 3.79. The Bertz CT molecular complexity index is 720. The molecule has 6 heteroatoms. The van der Waals surface area contributed by atoms with Crippen LogP contribution < -0.4 is 4.31 Å². The molecule has 0 spiro atoms. The first-order valence-corrected chi connectivity index (χ1v) is 8.40. The van der Waals surface area contributed by atoms with Crippen LogP contribution in [-0.4, -0.2) is 15.0 Å². The smallest absolute Gasteiger partial charge is 0.267 e. The summed E-state index contributed by atoms with van der Waals surface area (Å²) in [6.45, 7) is 1.91. The molecule has 2 rings (SSSR count). The van der Waals surface area contributed by atoms with Crippen LogP contribution in [0.2, 0.25) is 0 Å². The maximum absolute atomic E-state index is 14.0. The third-order valence-electron chi connectivity index (χ3n) is 3.05. The Morgan fingerprint density at radius 2 is 1.81 bits per heavy atom. The predicted molar refractivity (Wildman–Crippen MR) is 82.6 cm³/mol. The third-order valence-corrected chi connectivity index (χ3v) is 5.28. The monoisotopic (exact) mass is 327 g/mol. The first kappa shape index (κ1) is 15.8. The van der Waals surface area contributed by atoms with Crippen LogP contribution in [-0.2, 0) is 15.9 Å². The summed E-state index contributed by atoms with van der Waals surface area (Å²) in [5, 5.41) is 0. The molecule has 0 saturated heterocycles. The fourth-order valence-electron chi connectivity index (χ4n) is 2.03. The van der Waals surface area contributed by atoms with Crippen molar-refractivity contribution in [3.63, 3.8) is 0 Å². The van der Waals surface area contributed by atoms with Gasteiger partial charge in [0.25, 0.3) is 10.0 Å². The van der Waals surface area contributed by atoms with Crippen molar-refractivity contribution in [3.8, 4) is 0 Å². The van der Waals surface area contributed by atoms with E-state index < -0.39 is 15.8 Å². The van der Waals surface area contributed by atoms with Gasteiger partial charge in [0.15, 0.2) is 0 Å². The van der Waals surface area contributed by atoms with E-state index >= 15 is 0 Å². The molecule has 0 aromatic heterocycles. The Kier molecular flexibility index (Phi) is 4.85. The summed E-state index contributed by atoms with van der Waals surface area (Å²) < 4.78 is 40.5. The number of halogens is 2. The summed E-state index contributed by atoms with van der Waals surface area (Å²) in [6, 6.07) is 12.5. The van der Waals surface area contributed by atoms with Crippen molar-refractivity contribution >= 4 is 27.3 Å². The van der Waals surface area contributed by atoms with Gasteiger partial charge in [0.1, 0.15) is 10.7 Å². The average molecular weight is 328 g/mol. The number of hydrogen-bond donors (Lipinski definition) is 0. The van der Waals surface area contributed by atoms with Gasteiger partial charge in [-0.3, -0.25) is 4.31 Å². The first-order valence-electron chi connectivity index (χ1n) is 6.43. The van der Waals surface area contributed by atoms with Crippen LogP contribution in [0.5, 0.6) is 0 Å². The molecule has 0 unspecified atom stereocenters. The summed E-state index contributed by atoms with van der Waals surface area (Å²) in [5.74, 6) is -0.654. The molecule has 0 amide bonds. The molecule has 0 heterocycles. The van der Waals surface area contributed by atoms with Crippen LogP contribution in [0, 0.1) is 5.82 Å². The lowest BCUT2D eigenvalue weighted by molar-refractivity contribution is 0.563. The van der Waals surface area contributed by atoms with Gasteiger partial charge in [-0.15, -0.1) is 11.6 Å². The number of benzene rings is 2. The lowest BCUT2D eigenvalue weighted by atomic mass is 10.2. The second kappa shape index (κ2) is 6.45. The normalized spacial score (nSPS) is 11.4. The molecule has 21 heavy (non-hydrogen) atoms. The minimum absolute atomic E-state index is 0.125. The zero-order chi connectivity index (χ0) is 15.5. The molecule has 0 radical (unpaired) electrons. The molecule has 0 aliphatic carbocycles. The highest BCUT2D eigenvalue weighted by Crippen LogP contribution is 2.26. The highest BCUT2D eigenvalue weighted by atomic mass is 35.5. The SMILES string of the molecule is CCN(c1ccccc1)S(=O)(=O)c1cc(CCl)ccc1F. The van der Waals surface area contributed by atoms with Gasteiger partial charge in [0, 0.05) is 12.4 Å². The number of para-hydroxylation sites is 1. The van der Waals surface area contributed by atoms with E-state index in [4.69, 9.17) is 11.6 Å². The second-order valence-electron chi connectivity index (χ2n) is 4.40. The van der Waals surface area contributed by atoms with Crippen LogP contribution in [0.3, 0.4) is 0 Å². The highest BCUT2D eigenvalue weighted by molar-refractivity contribution is 7.92. The van der Waals surface area contributed by atoms with E-state index in [1.54, 1.807) is 37.3 Å². The van der Waals surface area contributed by atoms with E-state index in [-0.39, 0.29) is 17.3 Å². The summed E-state index contributed by atoms with van der Waals surface area (Å²) in [7, 11) is -3.97. The minimum atomic E-state index is -3.97. The lowest BCUT2D eigenvalue weighted by Gasteiger charge is -2.23.